The summed E-state index contributed by atoms with van der Waals surface area (Å²) in [5.41, 5.74) is 6.94. The Bertz CT molecular complexity index is 641. The highest BCUT2D eigenvalue weighted by Gasteiger charge is 2.17. The molecule has 0 saturated heterocycles. The third kappa shape index (κ3) is 3.39. The lowest BCUT2D eigenvalue weighted by Crippen LogP contribution is -1.99. The summed E-state index contributed by atoms with van der Waals surface area (Å²) in [6.07, 6.45) is 4.25. The van der Waals surface area contributed by atoms with Crippen molar-refractivity contribution >= 4 is 22.8 Å². The number of nitrogens with two attached hydrogens (primary N) is 1. The third-order valence-electron chi connectivity index (χ3n) is 2.92. The molecule has 0 unspecified atom stereocenters. The summed E-state index contributed by atoms with van der Waals surface area (Å²) in [7, 11) is 0. The lowest BCUT2D eigenvalue weighted by molar-refractivity contribution is 0.268. The maximum absolute atomic E-state index is 9.04. The quantitative estimate of drug-likeness (QED) is 0.891. The van der Waals surface area contributed by atoms with Crippen molar-refractivity contribution in [1.29, 1.82) is 0 Å². The predicted octanol–water partition coefficient (Wildman–Crippen LogP) is 2.37. The topological polar surface area (TPSA) is 89.3 Å². The molecule has 0 aliphatic heterocycles. The summed E-state index contributed by atoms with van der Waals surface area (Å²) in [6, 6.07) is 6.64. The molecule has 0 aliphatic carbocycles. The van der Waals surface area contributed by atoms with E-state index in [1.165, 1.54) is 0 Å². The molecule has 6 heteroatoms. The van der Waals surface area contributed by atoms with Crippen molar-refractivity contribution in [3.05, 3.63) is 23.2 Å². The molecule has 0 aliphatic rings. The molecule has 0 fully saturated rings. The molecule has 2 aromatic rings. The first-order valence-electron chi connectivity index (χ1n) is 6.70. The fraction of sp³-hybridized carbons (Fsp3) is 0.429. The molecule has 104 valence electrons. The number of hydrogen-bond donors (Lipinski definition) is 2. The van der Waals surface area contributed by atoms with Crippen LogP contribution in [0.4, 0.5) is 11.8 Å². The van der Waals surface area contributed by atoms with Gasteiger partial charge < -0.3 is 10.8 Å². The van der Waals surface area contributed by atoms with Crippen molar-refractivity contribution in [2.75, 3.05) is 12.3 Å². The highest BCUT2D eigenvalue weighted by Crippen LogP contribution is 2.22. The van der Waals surface area contributed by atoms with Crippen molar-refractivity contribution in [1.82, 2.24) is 15.0 Å². The Labute approximate surface area is 117 Å². The fourth-order valence-corrected chi connectivity index (χ4v) is 1.98. The van der Waals surface area contributed by atoms with Gasteiger partial charge in [-0.3, -0.25) is 0 Å². The maximum Gasteiger partial charge on any atom is 0.457 e. The highest BCUT2D eigenvalue weighted by atomic mass is 16.3. The number of pyridine rings is 1. The predicted molar refractivity (Wildman–Crippen MR) is 78.8 cm³/mol. The first-order chi connectivity index (χ1) is 9.74. The number of rotatable bonds is 4. The average Bonchev–Trinajstić information content (AvgIpc) is 2.44. The van der Waals surface area contributed by atoms with Crippen LogP contribution in [0.1, 0.15) is 26.2 Å². The van der Waals surface area contributed by atoms with Gasteiger partial charge in [-0.25, -0.2) is 4.98 Å². The molecule has 2 rings (SSSR count). The standard InChI is InChI=1S/C14H18N5O/c1-2-4-10(6-8-20)9-17-13-12-11(5-3-7-16-12)18-14(15)19-13/h3,5,7,10,20H,2,4,6,8H2,1H3,(H2,15,18,19)/q+1/t10-/m0/s1. The molecule has 3 N–H and O–H groups in total. The number of fused-ring (bicyclic) bond motifs is 1. The molecule has 1 atom stereocenters. The Hall–Kier alpha value is -2.26. The molecule has 0 radical (unpaired) electrons. The van der Waals surface area contributed by atoms with Gasteiger partial charge in [-0.05, 0) is 25.0 Å². The van der Waals surface area contributed by atoms with Crippen molar-refractivity contribution in [3.63, 3.8) is 0 Å². The molecular weight excluding hydrogens is 254 g/mol. The number of nitrogens with zero attached hydrogens (tertiary/aromatic N) is 4. The van der Waals surface area contributed by atoms with Crippen molar-refractivity contribution in [2.45, 2.75) is 26.2 Å². The molecule has 2 heterocycles. The number of hydrogen-bond acceptors (Lipinski definition) is 5. The Kier molecular flexibility index (Phi) is 4.80. The average molecular weight is 272 g/mol. The smallest absolute Gasteiger partial charge is 0.396 e. The third-order valence-corrected chi connectivity index (χ3v) is 2.92. The van der Waals surface area contributed by atoms with Gasteiger partial charge in [-0.1, -0.05) is 13.3 Å². The van der Waals surface area contributed by atoms with Gasteiger partial charge in [0.25, 0.3) is 0 Å². The molecule has 20 heavy (non-hydrogen) atoms. The monoisotopic (exact) mass is 272 g/mol. The van der Waals surface area contributed by atoms with Gasteiger partial charge in [-0.2, -0.15) is 9.83 Å². The summed E-state index contributed by atoms with van der Waals surface area (Å²) in [6.45, 7) is 2.21. The molecule has 0 saturated carbocycles. The number of aromatic nitrogens is 3. The molecule has 6 nitrogen and oxygen atoms in total. The Balaban J connectivity index is 2.38. The first kappa shape index (κ1) is 14.2. The van der Waals surface area contributed by atoms with E-state index in [4.69, 9.17) is 10.8 Å². The lowest BCUT2D eigenvalue weighted by atomic mass is 10.0. The molecule has 0 amide bonds. The van der Waals surface area contributed by atoms with E-state index in [0.29, 0.717) is 23.3 Å². The highest BCUT2D eigenvalue weighted by molar-refractivity contribution is 5.86. The fourth-order valence-electron chi connectivity index (χ4n) is 1.98. The van der Waals surface area contributed by atoms with Crippen molar-refractivity contribution in [2.24, 2.45) is 5.92 Å². The van der Waals surface area contributed by atoms with Crippen LogP contribution < -0.4 is 5.73 Å². The van der Waals surface area contributed by atoms with Crippen LogP contribution in [-0.2, 0) is 0 Å². The van der Waals surface area contributed by atoms with Crippen LogP contribution in [-0.4, -0.2) is 26.7 Å². The van der Waals surface area contributed by atoms with Gasteiger partial charge in [0, 0.05) is 17.8 Å². The number of nitrogen functional groups attached to an aromatic ring is 1. The Morgan fingerprint density at radius 2 is 2.25 bits per heavy atom. The largest absolute Gasteiger partial charge is 0.457 e. The second-order valence-electron chi connectivity index (χ2n) is 4.52. The van der Waals surface area contributed by atoms with Crippen LogP contribution in [0.3, 0.4) is 0 Å². The summed E-state index contributed by atoms with van der Waals surface area (Å²) < 4.78 is 0. The van der Waals surface area contributed by atoms with Gasteiger partial charge >= 0.3 is 11.8 Å². The van der Waals surface area contributed by atoms with Crippen LogP contribution in [0.15, 0.2) is 18.3 Å². The zero-order valence-electron chi connectivity index (χ0n) is 11.5. The Morgan fingerprint density at radius 3 is 3.00 bits per heavy atom. The molecular formula is C14H18N5O+. The molecule has 0 aromatic carbocycles. The van der Waals surface area contributed by atoms with Gasteiger partial charge in [0.1, 0.15) is 5.52 Å². The minimum absolute atomic E-state index is 0.111. The summed E-state index contributed by atoms with van der Waals surface area (Å²) in [5, 5.41) is 9.04. The molecule has 0 bridgehead atoms. The van der Waals surface area contributed by atoms with E-state index in [0.717, 1.165) is 12.8 Å². The van der Waals surface area contributed by atoms with E-state index in [9.17, 15) is 0 Å². The second kappa shape index (κ2) is 6.78. The van der Waals surface area contributed by atoms with E-state index < -0.39 is 0 Å². The SMILES string of the molecule is CCC[C@H](C#[N+]c1nc(N)nc2cccnc12)CCO. The van der Waals surface area contributed by atoms with Crippen molar-refractivity contribution in [3.8, 4) is 6.07 Å². The lowest BCUT2D eigenvalue weighted by Gasteiger charge is -2.01. The van der Waals surface area contributed by atoms with Gasteiger partial charge in [0.2, 0.25) is 5.52 Å². The summed E-state index contributed by atoms with van der Waals surface area (Å²) >= 11 is 0. The van der Waals surface area contributed by atoms with Gasteiger partial charge in [0.15, 0.2) is 6.07 Å². The van der Waals surface area contributed by atoms with Crippen LogP contribution in [0.25, 0.3) is 15.9 Å². The molecule has 0 spiro atoms. The zero-order valence-corrected chi connectivity index (χ0v) is 11.5. The maximum atomic E-state index is 9.04. The van der Waals surface area contributed by atoms with E-state index in [1.54, 1.807) is 12.3 Å². The molecule has 2 aromatic heterocycles. The van der Waals surface area contributed by atoms with Crippen molar-refractivity contribution < 1.29 is 5.11 Å². The van der Waals surface area contributed by atoms with E-state index >= 15 is 0 Å². The van der Waals surface area contributed by atoms with E-state index in [2.05, 4.69) is 32.8 Å². The van der Waals surface area contributed by atoms with Gasteiger partial charge in [-0.15, -0.1) is 0 Å². The van der Waals surface area contributed by atoms with Crippen LogP contribution in [0, 0.1) is 12.0 Å². The van der Waals surface area contributed by atoms with E-state index in [1.807, 2.05) is 6.07 Å². The first-order valence-corrected chi connectivity index (χ1v) is 6.70. The van der Waals surface area contributed by atoms with Gasteiger partial charge in [0.05, 0.1) is 5.92 Å². The number of anilines is 1. The summed E-state index contributed by atoms with van der Waals surface area (Å²) in [4.78, 5) is 16.7. The number of aliphatic hydroxyl groups excluding tert-OH is 1. The minimum atomic E-state index is 0.111. The number of aliphatic hydroxyl groups is 1. The van der Waals surface area contributed by atoms with E-state index in [-0.39, 0.29) is 18.5 Å². The normalized spacial score (nSPS) is 11.9. The second-order valence-corrected chi connectivity index (χ2v) is 4.52. The Morgan fingerprint density at radius 1 is 1.40 bits per heavy atom. The summed E-state index contributed by atoms with van der Waals surface area (Å²) in [5.74, 6) is 0.701. The van der Waals surface area contributed by atoms with Crippen LogP contribution in [0.2, 0.25) is 0 Å². The minimum Gasteiger partial charge on any atom is -0.396 e. The van der Waals surface area contributed by atoms with Crippen LogP contribution >= 0.6 is 0 Å². The van der Waals surface area contributed by atoms with Crippen LogP contribution in [0.5, 0.6) is 0 Å². The zero-order chi connectivity index (χ0) is 14.4.